The average Bonchev–Trinajstić information content (AvgIpc) is 3.05. The molecule has 0 bridgehead atoms. The van der Waals surface area contributed by atoms with Gasteiger partial charge < -0.3 is 14.7 Å². The van der Waals surface area contributed by atoms with Crippen molar-refractivity contribution in [1.82, 2.24) is 20.3 Å². The first kappa shape index (κ1) is 20.4. The quantitative estimate of drug-likeness (QED) is 0.613. The van der Waals surface area contributed by atoms with Crippen molar-refractivity contribution >= 4 is 5.96 Å². The van der Waals surface area contributed by atoms with Crippen molar-refractivity contribution in [2.24, 2.45) is 4.99 Å². The number of aryl methyl sites for hydroxylation is 2. The number of aliphatic imine (C=N–C) groups is 1. The Morgan fingerprint density at radius 2 is 1.89 bits per heavy atom. The molecule has 1 aliphatic rings. The van der Waals surface area contributed by atoms with Crippen molar-refractivity contribution in [3.8, 4) is 0 Å². The van der Waals surface area contributed by atoms with E-state index >= 15 is 0 Å². The molecule has 152 valence electrons. The summed E-state index contributed by atoms with van der Waals surface area (Å²) in [7, 11) is 1.86. The SMILES string of the molecule is CCC(c1ccccc1)N1CCN(C(=NC)NCCc2c(C)noc2C)CC1. The van der Waals surface area contributed by atoms with Gasteiger partial charge in [-0.25, -0.2) is 0 Å². The van der Waals surface area contributed by atoms with Crippen LogP contribution in [0.4, 0.5) is 0 Å². The maximum Gasteiger partial charge on any atom is 0.193 e. The molecular weight excluding hydrogens is 350 g/mol. The van der Waals surface area contributed by atoms with Crippen LogP contribution in [0, 0.1) is 13.8 Å². The lowest BCUT2D eigenvalue weighted by Gasteiger charge is -2.40. The van der Waals surface area contributed by atoms with E-state index in [4.69, 9.17) is 4.52 Å². The van der Waals surface area contributed by atoms with Gasteiger partial charge in [0.25, 0.3) is 0 Å². The molecule has 0 radical (unpaired) electrons. The van der Waals surface area contributed by atoms with Crippen molar-refractivity contribution in [2.75, 3.05) is 39.8 Å². The van der Waals surface area contributed by atoms with Crippen molar-refractivity contribution in [1.29, 1.82) is 0 Å². The Morgan fingerprint density at radius 3 is 2.46 bits per heavy atom. The Balaban J connectivity index is 1.51. The van der Waals surface area contributed by atoms with Gasteiger partial charge in [0.1, 0.15) is 5.76 Å². The molecule has 28 heavy (non-hydrogen) atoms. The molecule has 1 saturated heterocycles. The second kappa shape index (κ2) is 9.73. The van der Waals surface area contributed by atoms with Gasteiger partial charge in [0, 0.05) is 51.4 Å². The number of hydrogen-bond donors (Lipinski definition) is 1. The monoisotopic (exact) mass is 383 g/mol. The highest BCUT2D eigenvalue weighted by Gasteiger charge is 2.25. The molecular formula is C22H33N5O. The fraction of sp³-hybridized carbons (Fsp3) is 0.545. The Kier molecular flexibility index (Phi) is 7.09. The molecule has 6 heteroatoms. The van der Waals surface area contributed by atoms with E-state index in [1.807, 2.05) is 20.9 Å². The number of nitrogens with zero attached hydrogens (tertiary/aromatic N) is 4. The Labute approximate surface area is 168 Å². The zero-order valence-corrected chi connectivity index (χ0v) is 17.6. The number of nitrogens with one attached hydrogen (secondary N) is 1. The van der Waals surface area contributed by atoms with Crippen LogP contribution in [-0.2, 0) is 6.42 Å². The zero-order chi connectivity index (χ0) is 19.9. The molecule has 0 aliphatic carbocycles. The van der Waals surface area contributed by atoms with E-state index < -0.39 is 0 Å². The molecule has 6 nitrogen and oxygen atoms in total. The summed E-state index contributed by atoms with van der Waals surface area (Å²) in [5.74, 6) is 1.90. The molecule has 1 fully saturated rings. The van der Waals surface area contributed by atoms with E-state index in [0.29, 0.717) is 6.04 Å². The van der Waals surface area contributed by atoms with Crippen molar-refractivity contribution in [3.63, 3.8) is 0 Å². The van der Waals surface area contributed by atoms with E-state index in [2.05, 4.69) is 62.5 Å². The third kappa shape index (κ3) is 4.73. The second-order valence-electron chi connectivity index (χ2n) is 7.38. The van der Waals surface area contributed by atoms with Gasteiger partial charge in [-0.05, 0) is 32.3 Å². The number of rotatable bonds is 6. The molecule has 1 N–H and O–H groups in total. The van der Waals surface area contributed by atoms with Gasteiger partial charge >= 0.3 is 0 Å². The third-order valence-electron chi connectivity index (χ3n) is 5.68. The van der Waals surface area contributed by atoms with Gasteiger partial charge in [0.05, 0.1) is 5.69 Å². The summed E-state index contributed by atoms with van der Waals surface area (Å²) in [6, 6.07) is 11.4. The van der Waals surface area contributed by atoms with E-state index in [0.717, 1.165) is 63.0 Å². The molecule has 0 amide bonds. The van der Waals surface area contributed by atoms with Crippen LogP contribution in [0.1, 0.15) is 42.0 Å². The number of aromatic nitrogens is 1. The summed E-state index contributed by atoms with van der Waals surface area (Å²) in [6.07, 6.45) is 2.03. The lowest BCUT2D eigenvalue weighted by atomic mass is 10.0. The van der Waals surface area contributed by atoms with Crippen LogP contribution >= 0.6 is 0 Å². The fourth-order valence-electron chi connectivity index (χ4n) is 4.12. The van der Waals surface area contributed by atoms with Crippen molar-refractivity contribution in [2.45, 2.75) is 39.7 Å². The molecule has 1 aliphatic heterocycles. The van der Waals surface area contributed by atoms with E-state index in [9.17, 15) is 0 Å². The maximum absolute atomic E-state index is 5.25. The van der Waals surface area contributed by atoms with Gasteiger partial charge in [-0.2, -0.15) is 0 Å². The minimum Gasteiger partial charge on any atom is -0.361 e. The van der Waals surface area contributed by atoms with Crippen LogP contribution in [-0.4, -0.2) is 60.7 Å². The van der Waals surface area contributed by atoms with Crippen molar-refractivity contribution < 1.29 is 4.52 Å². The largest absolute Gasteiger partial charge is 0.361 e. The van der Waals surface area contributed by atoms with E-state index in [1.54, 1.807) is 0 Å². The van der Waals surface area contributed by atoms with Crippen LogP contribution in [0.5, 0.6) is 0 Å². The molecule has 2 heterocycles. The fourth-order valence-corrected chi connectivity index (χ4v) is 4.12. The summed E-state index contributed by atoms with van der Waals surface area (Å²) in [6.45, 7) is 11.2. The highest BCUT2D eigenvalue weighted by atomic mass is 16.5. The predicted molar refractivity (Wildman–Crippen MR) is 114 cm³/mol. The average molecular weight is 384 g/mol. The number of piperazine rings is 1. The first-order valence-corrected chi connectivity index (χ1v) is 10.3. The van der Waals surface area contributed by atoms with Crippen LogP contribution < -0.4 is 5.32 Å². The summed E-state index contributed by atoms with van der Waals surface area (Å²) >= 11 is 0. The van der Waals surface area contributed by atoms with Gasteiger partial charge in [0.15, 0.2) is 5.96 Å². The van der Waals surface area contributed by atoms with Gasteiger partial charge in [-0.15, -0.1) is 0 Å². The number of hydrogen-bond acceptors (Lipinski definition) is 4. The van der Waals surface area contributed by atoms with Crippen LogP contribution in [0.15, 0.2) is 39.8 Å². The number of benzene rings is 1. The topological polar surface area (TPSA) is 56.9 Å². The smallest absolute Gasteiger partial charge is 0.193 e. The highest BCUT2D eigenvalue weighted by Crippen LogP contribution is 2.25. The molecule has 1 aromatic heterocycles. The molecule has 2 aromatic rings. The summed E-state index contributed by atoms with van der Waals surface area (Å²) in [5.41, 5.74) is 3.59. The summed E-state index contributed by atoms with van der Waals surface area (Å²) < 4.78 is 5.25. The van der Waals surface area contributed by atoms with Gasteiger partial charge in [-0.3, -0.25) is 9.89 Å². The molecule has 3 rings (SSSR count). The molecule has 1 unspecified atom stereocenters. The lowest BCUT2D eigenvalue weighted by Crippen LogP contribution is -2.53. The van der Waals surface area contributed by atoms with E-state index in [1.165, 1.54) is 11.1 Å². The van der Waals surface area contributed by atoms with Crippen LogP contribution in [0.2, 0.25) is 0 Å². The molecule has 0 saturated carbocycles. The summed E-state index contributed by atoms with van der Waals surface area (Å²) in [4.78, 5) is 9.46. The zero-order valence-electron chi connectivity index (χ0n) is 17.6. The first-order valence-electron chi connectivity index (χ1n) is 10.3. The molecule has 0 spiro atoms. The van der Waals surface area contributed by atoms with Gasteiger partial charge in [0.2, 0.25) is 0 Å². The normalized spacial score (nSPS) is 17.0. The standard InChI is InChI=1S/C22H33N5O/c1-5-21(19-9-7-6-8-10-19)26-13-15-27(16-14-26)22(23-4)24-12-11-20-17(2)25-28-18(20)3/h6-10,21H,5,11-16H2,1-4H3,(H,23,24). The Morgan fingerprint density at radius 1 is 1.18 bits per heavy atom. The highest BCUT2D eigenvalue weighted by molar-refractivity contribution is 5.80. The second-order valence-corrected chi connectivity index (χ2v) is 7.38. The maximum atomic E-state index is 5.25. The van der Waals surface area contributed by atoms with Gasteiger partial charge in [-0.1, -0.05) is 42.4 Å². The third-order valence-corrected chi connectivity index (χ3v) is 5.68. The minimum atomic E-state index is 0.498. The number of guanidine groups is 1. The lowest BCUT2D eigenvalue weighted by molar-refractivity contribution is 0.127. The molecule has 1 aromatic carbocycles. The van der Waals surface area contributed by atoms with Crippen molar-refractivity contribution in [3.05, 3.63) is 52.9 Å². The van der Waals surface area contributed by atoms with Crippen LogP contribution in [0.25, 0.3) is 0 Å². The Bertz CT molecular complexity index is 743. The predicted octanol–water partition coefficient (Wildman–Crippen LogP) is 3.18. The summed E-state index contributed by atoms with van der Waals surface area (Å²) in [5, 5.41) is 7.54. The Hall–Kier alpha value is -2.34. The van der Waals surface area contributed by atoms with Crippen LogP contribution in [0.3, 0.4) is 0 Å². The van der Waals surface area contributed by atoms with E-state index in [-0.39, 0.29) is 0 Å². The molecule has 1 atom stereocenters. The minimum absolute atomic E-state index is 0.498. The first-order chi connectivity index (χ1) is 13.6.